The zero-order valence-corrected chi connectivity index (χ0v) is 17.7. The summed E-state index contributed by atoms with van der Waals surface area (Å²) in [6.07, 6.45) is 17.2. The van der Waals surface area contributed by atoms with Gasteiger partial charge in [0.15, 0.2) is 0 Å². The van der Waals surface area contributed by atoms with Gasteiger partial charge in [0.2, 0.25) is 0 Å². The molecule has 0 bridgehead atoms. The Bertz CT molecular complexity index is 701. The molecule has 0 N–H and O–H groups in total. The van der Waals surface area contributed by atoms with Crippen molar-refractivity contribution in [2.75, 3.05) is 6.66 Å². The second-order valence-corrected chi connectivity index (χ2v) is 10.0. The summed E-state index contributed by atoms with van der Waals surface area (Å²) in [7, 11) is 0.941. The first-order valence-electron chi connectivity index (χ1n) is 10.6. The van der Waals surface area contributed by atoms with Crippen LogP contribution in [0.5, 0.6) is 0 Å². The largest absolute Gasteiger partial charge is 0.0929 e. The Kier molecular flexibility index (Phi) is 4.64. The Hall–Kier alpha value is -0.610. The highest BCUT2D eigenvalue weighted by Gasteiger charge is 2.69. The summed E-state index contributed by atoms with van der Waals surface area (Å²) < 4.78 is 0. The lowest BCUT2D eigenvalue weighted by atomic mass is 9.65. The van der Waals surface area contributed by atoms with Gasteiger partial charge in [0.1, 0.15) is 0 Å². The average Bonchev–Trinajstić information content (AvgIpc) is 3.21. The fourth-order valence-electron chi connectivity index (χ4n) is 6.31. The third-order valence-electron chi connectivity index (χ3n) is 7.66. The van der Waals surface area contributed by atoms with Crippen molar-refractivity contribution < 1.29 is 0 Å². The molecule has 0 heterocycles. The van der Waals surface area contributed by atoms with Crippen LogP contribution in [0.2, 0.25) is 0 Å². The van der Waals surface area contributed by atoms with Gasteiger partial charge in [0.05, 0.1) is 0 Å². The van der Waals surface area contributed by atoms with Gasteiger partial charge in [-0.15, -0.1) is 0 Å². The Morgan fingerprint density at radius 2 is 2.08 bits per heavy atom. The Morgan fingerprint density at radius 3 is 2.80 bits per heavy atom. The molecular formula is C24H35P. The normalized spacial score (nSPS) is 32.6. The molecule has 3 aliphatic carbocycles. The minimum absolute atomic E-state index is 0.581. The molecule has 0 aromatic heterocycles. The highest BCUT2D eigenvalue weighted by molar-refractivity contribution is 7.46. The van der Waals surface area contributed by atoms with E-state index < -0.39 is 0 Å². The van der Waals surface area contributed by atoms with E-state index >= 15 is 0 Å². The predicted molar refractivity (Wildman–Crippen MR) is 113 cm³/mol. The second-order valence-electron chi connectivity index (χ2n) is 9.04. The zero-order valence-electron chi connectivity index (χ0n) is 16.7. The van der Waals surface area contributed by atoms with Crippen molar-refractivity contribution in [3.63, 3.8) is 0 Å². The van der Waals surface area contributed by atoms with Crippen LogP contribution in [0.3, 0.4) is 0 Å². The standard InChI is InChI=1S/C24H35P/c1-5-7-8-11-17-14-18-15-23(3)16-24(23)13-10-9-12-20(24)21(18)22(25-4)19(17)6-2/h9,12,14,20,25H,5-8,10-11,13,15-16H2,1-4H3. The van der Waals surface area contributed by atoms with Crippen LogP contribution in [-0.2, 0) is 19.3 Å². The zero-order chi connectivity index (χ0) is 17.7. The molecule has 1 aromatic carbocycles. The predicted octanol–water partition coefficient (Wildman–Crippen LogP) is 6.30. The summed E-state index contributed by atoms with van der Waals surface area (Å²) in [5.41, 5.74) is 8.10. The first-order chi connectivity index (χ1) is 12.1. The summed E-state index contributed by atoms with van der Waals surface area (Å²) in [5.74, 6) is 0.715. The van der Waals surface area contributed by atoms with Crippen LogP contribution in [0.1, 0.15) is 87.5 Å². The second kappa shape index (κ2) is 6.53. The lowest BCUT2D eigenvalue weighted by Gasteiger charge is -2.40. The van der Waals surface area contributed by atoms with Gasteiger partial charge in [-0.3, -0.25) is 0 Å². The third-order valence-corrected chi connectivity index (χ3v) is 8.73. The summed E-state index contributed by atoms with van der Waals surface area (Å²) in [6, 6.07) is 2.66. The third kappa shape index (κ3) is 2.58. The first kappa shape index (κ1) is 17.8. The van der Waals surface area contributed by atoms with Crippen molar-refractivity contribution in [1.29, 1.82) is 0 Å². The molecule has 1 aromatic rings. The molecule has 4 rings (SSSR count). The SMILES string of the molecule is CCCCCc1cc2c(c(PC)c1CC)C1C=CCCC13CC3(C)C2. The fraction of sp³-hybridized carbons (Fsp3) is 0.667. The molecule has 1 spiro atoms. The van der Waals surface area contributed by atoms with Crippen LogP contribution >= 0.6 is 8.58 Å². The van der Waals surface area contributed by atoms with Gasteiger partial charge in [-0.25, -0.2) is 0 Å². The molecule has 4 atom stereocenters. The van der Waals surface area contributed by atoms with Crippen LogP contribution in [0.4, 0.5) is 0 Å². The number of unbranched alkanes of at least 4 members (excludes halogenated alkanes) is 2. The molecule has 25 heavy (non-hydrogen) atoms. The summed E-state index contributed by atoms with van der Waals surface area (Å²) in [6.45, 7) is 9.70. The van der Waals surface area contributed by atoms with Gasteiger partial charge in [0, 0.05) is 5.92 Å². The number of fused-ring (bicyclic) bond motifs is 2. The lowest BCUT2D eigenvalue weighted by Crippen LogP contribution is -2.33. The number of hydrogen-bond acceptors (Lipinski definition) is 0. The van der Waals surface area contributed by atoms with Crippen molar-refractivity contribution in [2.45, 2.75) is 84.5 Å². The maximum absolute atomic E-state index is 2.66. The topological polar surface area (TPSA) is 0 Å². The summed E-state index contributed by atoms with van der Waals surface area (Å²) in [5, 5.41) is 1.76. The number of hydrogen-bond donors (Lipinski definition) is 0. The van der Waals surface area contributed by atoms with Crippen LogP contribution < -0.4 is 5.30 Å². The molecule has 1 saturated carbocycles. The molecule has 3 aliphatic rings. The van der Waals surface area contributed by atoms with Gasteiger partial charge < -0.3 is 0 Å². The molecule has 0 aliphatic heterocycles. The van der Waals surface area contributed by atoms with E-state index in [-0.39, 0.29) is 0 Å². The summed E-state index contributed by atoms with van der Waals surface area (Å²) >= 11 is 0. The summed E-state index contributed by atoms with van der Waals surface area (Å²) in [4.78, 5) is 0. The van der Waals surface area contributed by atoms with Crippen molar-refractivity contribution >= 4 is 13.9 Å². The van der Waals surface area contributed by atoms with Gasteiger partial charge in [-0.2, -0.15) is 0 Å². The van der Waals surface area contributed by atoms with Gasteiger partial charge in [0.25, 0.3) is 0 Å². The fourth-order valence-corrected chi connectivity index (χ4v) is 7.53. The molecule has 0 nitrogen and oxygen atoms in total. The lowest BCUT2D eigenvalue weighted by molar-refractivity contribution is 0.277. The van der Waals surface area contributed by atoms with E-state index in [0.717, 1.165) is 8.58 Å². The smallest absolute Gasteiger partial charge is 0.00891 e. The van der Waals surface area contributed by atoms with E-state index in [0.29, 0.717) is 16.7 Å². The molecule has 0 radical (unpaired) electrons. The van der Waals surface area contributed by atoms with Crippen LogP contribution in [0.25, 0.3) is 0 Å². The van der Waals surface area contributed by atoms with Crippen molar-refractivity contribution in [3.05, 3.63) is 40.5 Å². The van der Waals surface area contributed by atoms with E-state index in [9.17, 15) is 0 Å². The molecule has 1 heteroatoms. The Labute approximate surface area is 156 Å². The van der Waals surface area contributed by atoms with Gasteiger partial charge >= 0.3 is 0 Å². The number of aryl methyl sites for hydroxylation is 1. The average molecular weight is 355 g/mol. The molecular weight excluding hydrogens is 319 g/mol. The van der Waals surface area contributed by atoms with Crippen LogP contribution in [-0.4, -0.2) is 6.66 Å². The molecule has 136 valence electrons. The first-order valence-corrected chi connectivity index (χ1v) is 12.1. The van der Waals surface area contributed by atoms with Gasteiger partial charge in [-0.1, -0.05) is 60.4 Å². The minimum Gasteiger partial charge on any atom is -0.0929 e. The Balaban J connectivity index is 1.83. The minimum atomic E-state index is 0.581. The van der Waals surface area contributed by atoms with E-state index in [1.165, 1.54) is 57.8 Å². The molecule has 0 amide bonds. The van der Waals surface area contributed by atoms with Crippen molar-refractivity contribution in [3.8, 4) is 0 Å². The van der Waals surface area contributed by atoms with Gasteiger partial charge in [-0.05, 0) is 90.0 Å². The Morgan fingerprint density at radius 1 is 1.24 bits per heavy atom. The van der Waals surface area contributed by atoms with E-state index in [4.69, 9.17) is 0 Å². The molecule has 0 saturated heterocycles. The van der Waals surface area contributed by atoms with E-state index in [1.807, 2.05) is 0 Å². The highest BCUT2D eigenvalue weighted by atomic mass is 31.1. The van der Waals surface area contributed by atoms with Crippen LogP contribution in [0.15, 0.2) is 18.2 Å². The molecule has 4 unspecified atom stereocenters. The van der Waals surface area contributed by atoms with Crippen molar-refractivity contribution in [1.82, 2.24) is 0 Å². The monoisotopic (exact) mass is 354 g/mol. The van der Waals surface area contributed by atoms with E-state index in [2.05, 4.69) is 45.7 Å². The van der Waals surface area contributed by atoms with Crippen molar-refractivity contribution in [2.24, 2.45) is 10.8 Å². The quantitative estimate of drug-likeness (QED) is 0.319. The highest BCUT2D eigenvalue weighted by Crippen LogP contribution is 2.77. The maximum Gasteiger partial charge on any atom is 0.00891 e. The number of allylic oxidation sites excluding steroid dienone is 2. The number of benzene rings is 1. The molecule has 1 fully saturated rings. The number of rotatable bonds is 6. The van der Waals surface area contributed by atoms with E-state index in [1.54, 1.807) is 27.6 Å². The van der Waals surface area contributed by atoms with Crippen LogP contribution in [0, 0.1) is 10.8 Å². The maximum atomic E-state index is 2.66.